The van der Waals surface area contributed by atoms with Crippen LogP contribution in [0.3, 0.4) is 0 Å². The van der Waals surface area contributed by atoms with Gasteiger partial charge in [0.1, 0.15) is 6.61 Å². The van der Waals surface area contributed by atoms with Gasteiger partial charge in [0.25, 0.3) is 0 Å². The lowest BCUT2D eigenvalue weighted by atomic mass is 9.86. The maximum absolute atomic E-state index is 12.0. The minimum absolute atomic E-state index is 0.0940. The monoisotopic (exact) mass is 438 g/mol. The Morgan fingerprint density at radius 2 is 2.16 bits per heavy atom. The molecule has 0 aromatic heterocycles. The van der Waals surface area contributed by atoms with Crippen molar-refractivity contribution < 1.29 is 14.4 Å². The number of methoxy groups -OCH3 is 1. The number of likely N-dealkylation sites (tertiary alicyclic amines) is 1. The fourth-order valence-electron chi connectivity index (χ4n) is 4.62. The topological polar surface area (TPSA) is 89.2 Å². The van der Waals surface area contributed by atoms with Gasteiger partial charge in [-0.1, -0.05) is 36.8 Å². The summed E-state index contributed by atoms with van der Waals surface area (Å²) < 4.78 is 11.5. The molecule has 2 heterocycles. The summed E-state index contributed by atoms with van der Waals surface area (Å²) in [5.41, 5.74) is 7.11. The summed E-state index contributed by atoms with van der Waals surface area (Å²) in [5.74, 6) is 0.704. The van der Waals surface area contributed by atoms with E-state index < -0.39 is 4.92 Å². The van der Waals surface area contributed by atoms with E-state index in [0.717, 1.165) is 54.9 Å². The summed E-state index contributed by atoms with van der Waals surface area (Å²) in [7, 11) is 1.51. The molecule has 32 heavy (non-hydrogen) atoms. The van der Waals surface area contributed by atoms with Crippen molar-refractivity contribution in [1.82, 2.24) is 10.3 Å². The highest BCUT2D eigenvalue weighted by Gasteiger charge is 2.38. The van der Waals surface area contributed by atoms with Crippen LogP contribution in [0.2, 0.25) is 0 Å². The van der Waals surface area contributed by atoms with Crippen LogP contribution in [-0.2, 0) is 6.61 Å². The van der Waals surface area contributed by atoms with Crippen LogP contribution >= 0.6 is 0 Å². The molecule has 2 unspecified atom stereocenters. The van der Waals surface area contributed by atoms with Crippen molar-refractivity contribution in [1.29, 1.82) is 0 Å². The number of hydrogen-bond acceptors (Lipinski definition) is 7. The Balaban J connectivity index is 1.62. The van der Waals surface area contributed by atoms with Crippen LogP contribution in [0.5, 0.6) is 11.5 Å². The number of piperidine rings is 1. The lowest BCUT2D eigenvalue weighted by Gasteiger charge is -2.33. The highest BCUT2D eigenvalue weighted by molar-refractivity contribution is 5.90. The van der Waals surface area contributed by atoms with E-state index in [-0.39, 0.29) is 30.0 Å². The molecular formula is C24H30N4O4. The third kappa shape index (κ3) is 4.55. The summed E-state index contributed by atoms with van der Waals surface area (Å²) in [6, 6.07) is 11.2. The van der Waals surface area contributed by atoms with Crippen molar-refractivity contribution in [3.05, 3.63) is 63.2 Å². The van der Waals surface area contributed by atoms with Gasteiger partial charge in [-0.15, -0.1) is 0 Å². The molecule has 2 aliphatic rings. The van der Waals surface area contributed by atoms with Gasteiger partial charge in [0.15, 0.2) is 5.75 Å². The summed E-state index contributed by atoms with van der Waals surface area (Å²) in [6.07, 6.45) is 2.02. The van der Waals surface area contributed by atoms with E-state index in [1.54, 1.807) is 6.07 Å². The van der Waals surface area contributed by atoms with Crippen LogP contribution in [0.25, 0.3) is 0 Å². The minimum atomic E-state index is -0.404. The van der Waals surface area contributed by atoms with E-state index in [1.807, 2.05) is 37.3 Å². The number of rotatable bonds is 8. The number of aryl methyl sites for hydroxylation is 1. The van der Waals surface area contributed by atoms with E-state index in [1.165, 1.54) is 7.11 Å². The molecule has 2 atom stereocenters. The molecule has 1 N–H and O–H groups in total. The maximum atomic E-state index is 12.0. The molecule has 2 aromatic carbocycles. The second-order valence-electron chi connectivity index (χ2n) is 8.47. The van der Waals surface area contributed by atoms with Crippen LogP contribution in [0.4, 0.5) is 5.69 Å². The Kier molecular flexibility index (Phi) is 6.60. The van der Waals surface area contributed by atoms with Crippen LogP contribution in [-0.4, -0.2) is 42.3 Å². The second-order valence-corrected chi connectivity index (χ2v) is 8.47. The largest absolute Gasteiger partial charge is 0.493 e. The van der Waals surface area contributed by atoms with E-state index >= 15 is 0 Å². The van der Waals surface area contributed by atoms with Gasteiger partial charge in [0, 0.05) is 37.2 Å². The first kappa shape index (κ1) is 22.1. The van der Waals surface area contributed by atoms with Gasteiger partial charge >= 0.3 is 5.69 Å². The molecule has 4 rings (SSSR count). The number of ether oxygens (including phenoxy) is 2. The lowest BCUT2D eigenvalue weighted by Crippen LogP contribution is -2.42. The van der Waals surface area contributed by atoms with E-state index in [0.29, 0.717) is 5.75 Å². The molecule has 0 bridgehead atoms. The Morgan fingerprint density at radius 1 is 1.31 bits per heavy atom. The van der Waals surface area contributed by atoms with Crippen LogP contribution in [0.15, 0.2) is 41.5 Å². The predicted octanol–water partition coefficient (Wildman–Crippen LogP) is 4.22. The molecule has 0 saturated carbocycles. The van der Waals surface area contributed by atoms with E-state index in [4.69, 9.17) is 9.47 Å². The standard InChI is InChI=1S/C24H30N4O4/c1-4-9-27-10-8-20-19(14-27)23(26-25-20)18-12-21(28(29)30)24(22(13-18)31-3)32-15-17-7-5-6-16(2)11-17/h5-7,11-13,19,23,26H,4,8-10,14-15H2,1-3H3. The molecule has 170 valence electrons. The number of nitrogens with one attached hydrogen (secondary N) is 1. The van der Waals surface area contributed by atoms with Crippen molar-refractivity contribution in [3.63, 3.8) is 0 Å². The molecule has 8 nitrogen and oxygen atoms in total. The quantitative estimate of drug-likeness (QED) is 0.490. The normalized spacial score (nSPS) is 20.3. The van der Waals surface area contributed by atoms with Gasteiger partial charge in [0.05, 0.1) is 18.1 Å². The SMILES string of the molecule is CCCN1CCC2=NNC(c3cc(OC)c(OCc4cccc(C)c4)c([N+](=O)[O-])c3)C2C1. The third-order valence-electron chi connectivity index (χ3n) is 6.16. The summed E-state index contributed by atoms with van der Waals surface area (Å²) in [4.78, 5) is 14.0. The predicted molar refractivity (Wildman–Crippen MR) is 123 cm³/mol. The molecule has 0 amide bonds. The zero-order valence-corrected chi connectivity index (χ0v) is 18.8. The molecule has 1 fully saturated rings. The fourth-order valence-corrected chi connectivity index (χ4v) is 4.62. The molecule has 0 aliphatic carbocycles. The number of nitro benzene ring substituents is 1. The minimum Gasteiger partial charge on any atom is -0.493 e. The highest BCUT2D eigenvalue weighted by atomic mass is 16.6. The molecule has 0 spiro atoms. The van der Waals surface area contributed by atoms with Crippen molar-refractivity contribution in [2.24, 2.45) is 11.0 Å². The van der Waals surface area contributed by atoms with Gasteiger partial charge in [-0.2, -0.15) is 5.10 Å². The first-order valence-electron chi connectivity index (χ1n) is 11.1. The van der Waals surface area contributed by atoms with Gasteiger partial charge in [-0.25, -0.2) is 0 Å². The first-order valence-corrected chi connectivity index (χ1v) is 11.1. The second kappa shape index (κ2) is 9.56. The van der Waals surface area contributed by atoms with Crippen molar-refractivity contribution >= 4 is 11.4 Å². The van der Waals surface area contributed by atoms with Crippen LogP contribution in [0, 0.1) is 23.0 Å². The first-order chi connectivity index (χ1) is 15.5. The van der Waals surface area contributed by atoms with Gasteiger partial charge in [-0.3, -0.25) is 10.1 Å². The van der Waals surface area contributed by atoms with Crippen LogP contribution < -0.4 is 14.9 Å². The maximum Gasteiger partial charge on any atom is 0.315 e. The third-order valence-corrected chi connectivity index (χ3v) is 6.16. The average molecular weight is 439 g/mol. The molecule has 2 aromatic rings. The number of benzene rings is 2. The molecule has 8 heteroatoms. The Labute approximate surface area is 188 Å². The Hall–Kier alpha value is -3.13. The molecule has 0 radical (unpaired) electrons. The molecule has 1 saturated heterocycles. The van der Waals surface area contributed by atoms with Crippen molar-refractivity contribution in [2.75, 3.05) is 26.7 Å². The summed E-state index contributed by atoms with van der Waals surface area (Å²) in [5, 5.41) is 16.5. The number of nitrogens with zero attached hydrogens (tertiary/aromatic N) is 3. The summed E-state index contributed by atoms with van der Waals surface area (Å²) in [6.45, 7) is 7.35. The molecule has 2 aliphatic heterocycles. The average Bonchev–Trinajstić information content (AvgIpc) is 3.20. The number of fused-ring (bicyclic) bond motifs is 1. The smallest absolute Gasteiger partial charge is 0.315 e. The lowest BCUT2D eigenvalue weighted by molar-refractivity contribution is -0.386. The van der Waals surface area contributed by atoms with Gasteiger partial charge < -0.3 is 19.8 Å². The van der Waals surface area contributed by atoms with Crippen molar-refractivity contribution in [3.8, 4) is 11.5 Å². The number of hydrazone groups is 1. The fraction of sp³-hybridized carbons (Fsp3) is 0.458. The van der Waals surface area contributed by atoms with Gasteiger partial charge in [-0.05, 0) is 37.1 Å². The van der Waals surface area contributed by atoms with Crippen LogP contribution in [0.1, 0.15) is 42.5 Å². The Morgan fingerprint density at radius 3 is 2.88 bits per heavy atom. The highest BCUT2D eigenvalue weighted by Crippen LogP contribution is 2.43. The molecular weight excluding hydrogens is 408 g/mol. The van der Waals surface area contributed by atoms with E-state index in [2.05, 4.69) is 22.4 Å². The summed E-state index contributed by atoms with van der Waals surface area (Å²) >= 11 is 0. The number of nitro groups is 1. The van der Waals surface area contributed by atoms with E-state index in [9.17, 15) is 10.1 Å². The van der Waals surface area contributed by atoms with Crippen molar-refractivity contribution in [2.45, 2.75) is 39.3 Å². The zero-order chi connectivity index (χ0) is 22.7. The van der Waals surface area contributed by atoms with Gasteiger partial charge in [0.2, 0.25) is 5.75 Å². The Bertz CT molecular complexity index is 1020. The number of hydrogen-bond donors (Lipinski definition) is 1. The zero-order valence-electron chi connectivity index (χ0n) is 18.8.